The van der Waals surface area contributed by atoms with Crippen molar-refractivity contribution in [3.05, 3.63) is 42.0 Å². The van der Waals surface area contributed by atoms with Gasteiger partial charge in [0.1, 0.15) is 0 Å². The average molecular weight is 420 g/mol. The molecule has 3 atom stereocenters. The molecule has 9 nitrogen and oxygen atoms in total. The summed E-state index contributed by atoms with van der Waals surface area (Å²) in [5.41, 5.74) is 0.903. The first kappa shape index (κ1) is 24.8. The van der Waals surface area contributed by atoms with Crippen LogP contribution in [-0.4, -0.2) is 60.3 Å². The fourth-order valence-corrected chi connectivity index (χ4v) is 3.05. The van der Waals surface area contributed by atoms with Crippen molar-refractivity contribution in [3.8, 4) is 0 Å². The first-order valence-electron chi connectivity index (χ1n) is 9.55. The van der Waals surface area contributed by atoms with Crippen LogP contribution in [0.25, 0.3) is 6.08 Å². The third-order valence-electron chi connectivity index (χ3n) is 4.60. The minimum Gasteiger partial charge on any atom is -0.483 e. The molecular formula is C21H28N2O7. The molecule has 9 heteroatoms. The van der Waals surface area contributed by atoms with Crippen molar-refractivity contribution >= 4 is 30.3 Å². The van der Waals surface area contributed by atoms with Crippen LogP contribution in [0.4, 0.5) is 0 Å². The van der Waals surface area contributed by atoms with Crippen molar-refractivity contribution in [2.24, 2.45) is 5.92 Å². The largest absolute Gasteiger partial charge is 0.483 e. The van der Waals surface area contributed by atoms with Gasteiger partial charge < -0.3 is 25.6 Å². The normalized spacial score (nSPS) is 20.4. The van der Waals surface area contributed by atoms with Gasteiger partial charge in [-0.2, -0.15) is 0 Å². The van der Waals surface area contributed by atoms with E-state index in [0.717, 1.165) is 5.56 Å². The number of carboxylic acid groups (broad SMARTS) is 1. The number of benzene rings is 1. The number of carbonyl (C=O) groups excluding carboxylic acids is 3. The van der Waals surface area contributed by atoms with E-state index in [1.54, 1.807) is 6.08 Å². The molecule has 0 saturated heterocycles. The zero-order valence-electron chi connectivity index (χ0n) is 16.8. The van der Waals surface area contributed by atoms with Crippen LogP contribution in [0.15, 0.2) is 36.4 Å². The molecule has 0 aliphatic heterocycles. The fraction of sp³-hybridized carbons (Fsp3) is 0.429. The summed E-state index contributed by atoms with van der Waals surface area (Å²) in [6.45, 7) is -0.0403. The standard InChI is InChI=1S/C20H26N2O5.CH2O2/c1-27-19(25)11-12-21-20(26)15-8-9-17(23)16(13-15)22-18(24)10-7-14-5-3-2-4-6-14;2-1-3/h2-7,10,15-17,23H,8-9,11-13H2,1H3,(H,21,26)(H,22,24);1H,(H,2,3)/b10-7+;/t15-,16+,17+;/m0./s1. The molecule has 4 N–H and O–H groups in total. The molecule has 1 aromatic carbocycles. The summed E-state index contributed by atoms with van der Waals surface area (Å²) in [6, 6.07) is 8.94. The maximum atomic E-state index is 12.2. The molecule has 164 valence electrons. The van der Waals surface area contributed by atoms with Crippen molar-refractivity contribution in [2.45, 2.75) is 37.8 Å². The second-order valence-corrected chi connectivity index (χ2v) is 6.66. The molecule has 0 aromatic heterocycles. The molecule has 0 heterocycles. The van der Waals surface area contributed by atoms with Gasteiger partial charge in [-0.05, 0) is 30.9 Å². The third-order valence-corrected chi connectivity index (χ3v) is 4.60. The Morgan fingerprint density at radius 3 is 2.50 bits per heavy atom. The molecule has 0 unspecified atom stereocenters. The van der Waals surface area contributed by atoms with Crippen LogP contribution in [0.3, 0.4) is 0 Å². The highest BCUT2D eigenvalue weighted by Gasteiger charge is 2.33. The highest BCUT2D eigenvalue weighted by molar-refractivity contribution is 5.92. The number of aliphatic hydroxyl groups is 1. The highest BCUT2D eigenvalue weighted by Crippen LogP contribution is 2.25. The topological polar surface area (TPSA) is 142 Å². The number of esters is 1. The van der Waals surface area contributed by atoms with Crippen LogP contribution < -0.4 is 10.6 Å². The molecule has 1 aliphatic carbocycles. The number of ether oxygens (including phenoxy) is 1. The molecule has 1 aliphatic rings. The fourth-order valence-electron chi connectivity index (χ4n) is 3.05. The van der Waals surface area contributed by atoms with E-state index in [9.17, 15) is 19.5 Å². The SMILES string of the molecule is COC(=O)CCNC(=O)[C@H]1CC[C@@H](O)[C@H](NC(=O)/C=C/c2ccccc2)C1.O=CO. The summed E-state index contributed by atoms with van der Waals surface area (Å²) in [6.07, 6.45) is 3.88. The van der Waals surface area contributed by atoms with Gasteiger partial charge in [0, 0.05) is 18.5 Å². The Hall–Kier alpha value is -3.20. The van der Waals surface area contributed by atoms with Gasteiger partial charge in [-0.25, -0.2) is 0 Å². The summed E-state index contributed by atoms with van der Waals surface area (Å²) in [5, 5.41) is 22.5. The predicted octanol–water partition coefficient (Wildman–Crippen LogP) is 0.726. The number of methoxy groups -OCH3 is 1. The molecule has 1 fully saturated rings. The number of aliphatic hydroxyl groups excluding tert-OH is 1. The maximum absolute atomic E-state index is 12.2. The van der Waals surface area contributed by atoms with E-state index in [1.807, 2.05) is 30.3 Å². The lowest BCUT2D eigenvalue weighted by molar-refractivity contribution is -0.140. The number of rotatable bonds is 7. The third kappa shape index (κ3) is 9.33. The number of hydrogen-bond donors (Lipinski definition) is 4. The Bertz CT molecular complexity index is 721. The molecule has 0 radical (unpaired) electrons. The van der Waals surface area contributed by atoms with Gasteiger partial charge in [0.25, 0.3) is 6.47 Å². The van der Waals surface area contributed by atoms with E-state index in [1.165, 1.54) is 13.2 Å². The highest BCUT2D eigenvalue weighted by atomic mass is 16.5. The molecule has 0 bridgehead atoms. The monoisotopic (exact) mass is 420 g/mol. The second kappa shape index (κ2) is 13.9. The molecule has 2 rings (SSSR count). The van der Waals surface area contributed by atoms with Gasteiger partial charge in [0.15, 0.2) is 0 Å². The molecule has 30 heavy (non-hydrogen) atoms. The van der Waals surface area contributed by atoms with Gasteiger partial charge in [-0.15, -0.1) is 0 Å². The molecule has 1 saturated carbocycles. The van der Waals surface area contributed by atoms with Crippen molar-refractivity contribution in [1.82, 2.24) is 10.6 Å². The van der Waals surface area contributed by atoms with E-state index < -0.39 is 12.1 Å². The van der Waals surface area contributed by atoms with E-state index in [2.05, 4.69) is 15.4 Å². The minimum atomic E-state index is -0.682. The van der Waals surface area contributed by atoms with E-state index in [4.69, 9.17) is 9.90 Å². The predicted molar refractivity (Wildman–Crippen MR) is 109 cm³/mol. The van der Waals surface area contributed by atoms with Gasteiger partial charge in [0.05, 0.1) is 25.7 Å². The molecule has 0 spiro atoms. The number of nitrogens with one attached hydrogen (secondary N) is 2. The van der Waals surface area contributed by atoms with Crippen LogP contribution in [0, 0.1) is 5.92 Å². The van der Waals surface area contributed by atoms with Gasteiger partial charge in [0.2, 0.25) is 11.8 Å². The number of amides is 2. The molecule has 1 aromatic rings. The van der Waals surface area contributed by atoms with Crippen LogP contribution in [0.5, 0.6) is 0 Å². The zero-order valence-corrected chi connectivity index (χ0v) is 16.8. The van der Waals surface area contributed by atoms with E-state index in [0.29, 0.717) is 19.3 Å². The van der Waals surface area contributed by atoms with Crippen molar-refractivity contribution < 1.29 is 34.1 Å². The zero-order chi connectivity index (χ0) is 22.4. The van der Waals surface area contributed by atoms with Crippen molar-refractivity contribution in [3.63, 3.8) is 0 Å². The summed E-state index contributed by atoms with van der Waals surface area (Å²) in [4.78, 5) is 43.8. The Kier molecular flexibility index (Phi) is 11.5. The summed E-state index contributed by atoms with van der Waals surface area (Å²) < 4.78 is 4.53. The second-order valence-electron chi connectivity index (χ2n) is 6.66. The van der Waals surface area contributed by atoms with Crippen molar-refractivity contribution in [2.75, 3.05) is 13.7 Å². The average Bonchev–Trinajstić information content (AvgIpc) is 2.75. The lowest BCUT2D eigenvalue weighted by atomic mass is 9.83. The van der Waals surface area contributed by atoms with E-state index in [-0.39, 0.29) is 43.1 Å². The first-order chi connectivity index (χ1) is 14.4. The number of carbonyl (C=O) groups is 4. The van der Waals surface area contributed by atoms with Crippen LogP contribution >= 0.6 is 0 Å². The quantitative estimate of drug-likeness (QED) is 0.289. The Labute approximate surface area is 175 Å². The molecule has 2 amide bonds. The van der Waals surface area contributed by atoms with E-state index >= 15 is 0 Å². The van der Waals surface area contributed by atoms with Crippen LogP contribution in [0.2, 0.25) is 0 Å². The first-order valence-corrected chi connectivity index (χ1v) is 9.55. The number of hydrogen-bond acceptors (Lipinski definition) is 6. The summed E-state index contributed by atoms with van der Waals surface area (Å²) in [7, 11) is 1.30. The molecular weight excluding hydrogens is 392 g/mol. The lowest BCUT2D eigenvalue weighted by Crippen LogP contribution is -2.49. The van der Waals surface area contributed by atoms with Crippen LogP contribution in [-0.2, 0) is 23.9 Å². The Morgan fingerprint density at radius 2 is 1.87 bits per heavy atom. The minimum absolute atomic E-state index is 0.113. The van der Waals surface area contributed by atoms with Gasteiger partial charge in [-0.1, -0.05) is 30.3 Å². The van der Waals surface area contributed by atoms with Crippen molar-refractivity contribution in [1.29, 1.82) is 0 Å². The van der Waals surface area contributed by atoms with Crippen LogP contribution in [0.1, 0.15) is 31.2 Å². The van der Waals surface area contributed by atoms with Gasteiger partial charge >= 0.3 is 5.97 Å². The smallest absolute Gasteiger partial charge is 0.307 e. The maximum Gasteiger partial charge on any atom is 0.307 e. The Morgan fingerprint density at radius 1 is 1.20 bits per heavy atom. The van der Waals surface area contributed by atoms with Gasteiger partial charge in [-0.3, -0.25) is 19.2 Å². The summed E-state index contributed by atoms with van der Waals surface area (Å²) >= 11 is 0. The summed E-state index contributed by atoms with van der Waals surface area (Å²) in [5.74, 6) is -1.18. The lowest BCUT2D eigenvalue weighted by Gasteiger charge is -2.32. The Balaban J connectivity index is 0.00000141.